The normalized spacial score (nSPS) is 18.2. The molecule has 1 heterocycles. The smallest absolute Gasteiger partial charge is 0.0594 e. The van der Waals surface area contributed by atoms with Gasteiger partial charge in [-0.2, -0.15) is 0 Å². The molecule has 1 fully saturated rings. The van der Waals surface area contributed by atoms with Crippen LogP contribution < -0.4 is 5.32 Å². The van der Waals surface area contributed by atoms with Gasteiger partial charge in [-0.05, 0) is 32.0 Å². The lowest BCUT2D eigenvalue weighted by Gasteiger charge is -2.26. The molecule has 0 aliphatic carbocycles. The average Bonchev–Trinajstić information content (AvgIpc) is 2.35. The zero-order valence-corrected chi connectivity index (χ0v) is 11.0. The fourth-order valence-corrected chi connectivity index (χ4v) is 2.14. The van der Waals surface area contributed by atoms with E-state index in [-0.39, 0.29) is 0 Å². The molecule has 0 spiro atoms. The highest BCUT2D eigenvalue weighted by atomic mass is 16.5. The van der Waals surface area contributed by atoms with E-state index in [1.54, 1.807) is 0 Å². The van der Waals surface area contributed by atoms with Crippen molar-refractivity contribution in [3.05, 3.63) is 0 Å². The third-order valence-corrected chi connectivity index (χ3v) is 3.52. The molecule has 0 saturated carbocycles. The first-order valence-corrected chi connectivity index (χ1v) is 6.87. The van der Waals surface area contributed by atoms with E-state index in [4.69, 9.17) is 4.74 Å². The Balaban J connectivity index is 1.90. The molecule has 0 atom stereocenters. The van der Waals surface area contributed by atoms with E-state index in [1.807, 2.05) is 0 Å². The molecule has 0 amide bonds. The van der Waals surface area contributed by atoms with Crippen LogP contribution in [0, 0.1) is 5.92 Å². The summed E-state index contributed by atoms with van der Waals surface area (Å²) in [6.45, 7) is 12.2. The van der Waals surface area contributed by atoms with Gasteiger partial charge in [-0.1, -0.05) is 26.7 Å². The zero-order valence-electron chi connectivity index (χ0n) is 11.0. The summed E-state index contributed by atoms with van der Waals surface area (Å²) >= 11 is 0. The van der Waals surface area contributed by atoms with Crippen LogP contribution in [0.5, 0.6) is 0 Å². The molecule has 1 aliphatic rings. The number of nitrogens with zero attached hydrogens (tertiary/aromatic N) is 1. The van der Waals surface area contributed by atoms with Gasteiger partial charge in [0.15, 0.2) is 0 Å². The van der Waals surface area contributed by atoms with E-state index in [0.29, 0.717) is 0 Å². The van der Waals surface area contributed by atoms with Crippen molar-refractivity contribution in [2.75, 3.05) is 45.9 Å². The van der Waals surface area contributed by atoms with Crippen LogP contribution in [-0.4, -0.2) is 50.8 Å². The largest absolute Gasteiger partial charge is 0.379 e. The second-order valence-electron chi connectivity index (χ2n) is 4.69. The van der Waals surface area contributed by atoms with Gasteiger partial charge < -0.3 is 10.1 Å². The van der Waals surface area contributed by atoms with Gasteiger partial charge in [0.05, 0.1) is 13.2 Å². The second kappa shape index (κ2) is 8.97. The Morgan fingerprint density at radius 1 is 1.19 bits per heavy atom. The summed E-state index contributed by atoms with van der Waals surface area (Å²) < 4.78 is 5.33. The summed E-state index contributed by atoms with van der Waals surface area (Å²) in [6.07, 6.45) is 3.86. The van der Waals surface area contributed by atoms with Crippen LogP contribution >= 0.6 is 0 Å². The van der Waals surface area contributed by atoms with Crippen molar-refractivity contribution in [1.82, 2.24) is 10.2 Å². The van der Waals surface area contributed by atoms with Crippen molar-refractivity contribution >= 4 is 0 Å². The maximum Gasteiger partial charge on any atom is 0.0594 e. The molecular formula is C13H28N2O. The van der Waals surface area contributed by atoms with Crippen LogP contribution in [0.15, 0.2) is 0 Å². The maximum atomic E-state index is 5.33. The van der Waals surface area contributed by atoms with Crippen molar-refractivity contribution in [3.8, 4) is 0 Å². The van der Waals surface area contributed by atoms with Gasteiger partial charge in [-0.15, -0.1) is 0 Å². The minimum atomic E-state index is 0.864. The molecular weight excluding hydrogens is 200 g/mol. The molecule has 1 aliphatic heterocycles. The Hall–Kier alpha value is -0.120. The van der Waals surface area contributed by atoms with Crippen molar-refractivity contribution in [1.29, 1.82) is 0 Å². The van der Waals surface area contributed by atoms with Crippen molar-refractivity contribution < 1.29 is 4.74 Å². The monoisotopic (exact) mass is 228 g/mol. The Bertz CT molecular complexity index is 154. The predicted octanol–water partition coefficient (Wildman–Crippen LogP) is 1.73. The standard InChI is InChI=1S/C13H28N2O/c1-3-13(4-2)12-14-6-5-7-15-8-10-16-11-9-15/h13-14H,3-12H2,1-2H3. The minimum absolute atomic E-state index is 0.864. The number of hydrogen-bond acceptors (Lipinski definition) is 3. The Kier molecular flexibility index (Phi) is 7.81. The molecule has 3 heteroatoms. The number of rotatable bonds is 8. The molecule has 0 aromatic heterocycles. The Morgan fingerprint density at radius 3 is 2.50 bits per heavy atom. The van der Waals surface area contributed by atoms with Gasteiger partial charge in [0.25, 0.3) is 0 Å². The zero-order chi connectivity index (χ0) is 11.6. The number of hydrogen-bond donors (Lipinski definition) is 1. The van der Waals surface area contributed by atoms with E-state index < -0.39 is 0 Å². The first-order chi connectivity index (χ1) is 7.86. The van der Waals surface area contributed by atoms with Gasteiger partial charge in [-0.3, -0.25) is 4.90 Å². The van der Waals surface area contributed by atoms with Gasteiger partial charge in [-0.25, -0.2) is 0 Å². The fourth-order valence-electron chi connectivity index (χ4n) is 2.14. The lowest BCUT2D eigenvalue weighted by atomic mass is 10.0. The summed E-state index contributed by atoms with van der Waals surface area (Å²) in [4.78, 5) is 2.50. The number of ether oxygens (including phenoxy) is 1. The summed E-state index contributed by atoms with van der Waals surface area (Å²) in [5, 5.41) is 3.57. The third-order valence-electron chi connectivity index (χ3n) is 3.52. The van der Waals surface area contributed by atoms with Crippen molar-refractivity contribution in [3.63, 3.8) is 0 Å². The molecule has 1 N–H and O–H groups in total. The van der Waals surface area contributed by atoms with Gasteiger partial charge >= 0.3 is 0 Å². The van der Waals surface area contributed by atoms with E-state index in [2.05, 4.69) is 24.1 Å². The summed E-state index contributed by atoms with van der Waals surface area (Å²) in [7, 11) is 0. The molecule has 3 nitrogen and oxygen atoms in total. The van der Waals surface area contributed by atoms with Crippen LogP contribution in [0.2, 0.25) is 0 Å². The van der Waals surface area contributed by atoms with E-state index in [1.165, 1.54) is 32.4 Å². The van der Waals surface area contributed by atoms with Crippen LogP contribution in [-0.2, 0) is 4.74 Å². The summed E-state index contributed by atoms with van der Waals surface area (Å²) in [6, 6.07) is 0. The molecule has 1 saturated heterocycles. The topological polar surface area (TPSA) is 24.5 Å². The molecule has 16 heavy (non-hydrogen) atoms. The Morgan fingerprint density at radius 2 is 1.88 bits per heavy atom. The highest BCUT2D eigenvalue weighted by Gasteiger charge is 2.09. The number of morpholine rings is 1. The quantitative estimate of drug-likeness (QED) is 0.640. The van der Waals surface area contributed by atoms with Gasteiger partial charge in [0.1, 0.15) is 0 Å². The highest BCUT2D eigenvalue weighted by molar-refractivity contribution is 4.63. The minimum Gasteiger partial charge on any atom is -0.379 e. The maximum absolute atomic E-state index is 5.33. The van der Waals surface area contributed by atoms with E-state index in [0.717, 1.165) is 38.8 Å². The van der Waals surface area contributed by atoms with Crippen molar-refractivity contribution in [2.45, 2.75) is 33.1 Å². The van der Waals surface area contributed by atoms with Gasteiger partial charge in [0.2, 0.25) is 0 Å². The SMILES string of the molecule is CCC(CC)CNCCCN1CCOCC1. The molecule has 0 radical (unpaired) electrons. The van der Waals surface area contributed by atoms with Crippen LogP contribution in [0.3, 0.4) is 0 Å². The lowest BCUT2D eigenvalue weighted by molar-refractivity contribution is 0.0374. The highest BCUT2D eigenvalue weighted by Crippen LogP contribution is 2.05. The fraction of sp³-hybridized carbons (Fsp3) is 1.00. The van der Waals surface area contributed by atoms with E-state index in [9.17, 15) is 0 Å². The molecule has 0 aromatic rings. The second-order valence-corrected chi connectivity index (χ2v) is 4.69. The first-order valence-electron chi connectivity index (χ1n) is 6.87. The summed E-state index contributed by atoms with van der Waals surface area (Å²) in [5.74, 6) is 0.864. The molecule has 1 rings (SSSR count). The predicted molar refractivity (Wildman–Crippen MR) is 68.8 cm³/mol. The van der Waals surface area contributed by atoms with Crippen molar-refractivity contribution in [2.24, 2.45) is 5.92 Å². The average molecular weight is 228 g/mol. The summed E-state index contributed by atoms with van der Waals surface area (Å²) in [5.41, 5.74) is 0. The molecule has 96 valence electrons. The first kappa shape index (κ1) is 13.9. The molecule has 0 bridgehead atoms. The van der Waals surface area contributed by atoms with Crippen LogP contribution in [0.1, 0.15) is 33.1 Å². The molecule has 0 aromatic carbocycles. The van der Waals surface area contributed by atoms with Gasteiger partial charge in [0, 0.05) is 13.1 Å². The lowest BCUT2D eigenvalue weighted by Crippen LogP contribution is -2.38. The Labute approximate surface area is 101 Å². The number of nitrogens with one attached hydrogen (secondary N) is 1. The molecule has 0 unspecified atom stereocenters. The van der Waals surface area contributed by atoms with E-state index >= 15 is 0 Å². The third kappa shape index (κ3) is 5.83. The van der Waals surface area contributed by atoms with Crippen LogP contribution in [0.25, 0.3) is 0 Å². The van der Waals surface area contributed by atoms with Crippen LogP contribution in [0.4, 0.5) is 0 Å².